The molecule has 0 bridgehead atoms. The highest BCUT2D eigenvalue weighted by atomic mass is 16.2. The van der Waals surface area contributed by atoms with Crippen LogP contribution in [0.4, 0.5) is 0 Å². The molecule has 1 aromatic carbocycles. The lowest BCUT2D eigenvalue weighted by Gasteiger charge is -2.15. The van der Waals surface area contributed by atoms with Crippen molar-refractivity contribution < 1.29 is 9.59 Å². The number of hydrogen-bond donors (Lipinski definition) is 0. The van der Waals surface area contributed by atoms with E-state index < -0.39 is 0 Å². The van der Waals surface area contributed by atoms with E-state index in [1.54, 1.807) is 25.4 Å². The van der Waals surface area contributed by atoms with Gasteiger partial charge in [-0.25, -0.2) is 0 Å². The molecule has 0 radical (unpaired) electrons. The molecule has 0 atom stereocenters. The number of carbonyl (C=O) groups excluding carboxylic acids is 2. The first-order chi connectivity index (χ1) is 10.6. The van der Waals surface area contributed by atoms with Gasteiger partial charge in [-0.05, 0) is 37.5 Å². The van der Waals surface area contributed by atoms with E-state index in [1.165, 1.54) is 0 Å². The van der Waals surface area contributed by atoms with Crippen LogP contribution >= 0.6 is 0 Å². The van der Waals surface area contributed by atoms with Crippen LogP contribution in [0.15, 0.2) is 42.7 Å². The van der Waals surface area contributed by atoms with Crippen LogP contribution in [0.3, 0.4) is 0 Å². The first kappa shape index (κ1) is 14.4. The van der Waals surface area contributed by atoms with Crippen molar-refractivity contribution in [2.24, 2.45) is 0 Å². The average molecular weight is 294 g/mol. The molecular weight excluding hydrogens is 276 g/mol. The standard InChI is InChI=1S/C18H18N2O2/c1-13(21)14-5-4-6-15(9-14)16-10-17(12-19-11-16)18(22)20-7-2-3-8-20/h4-6,9-12H,2-3,7-8H2,1H3. The minimum Gasteiger partial charge on any atom is -0.339 e. The van der Waals surface area contributed by atoms with E-state index in [2.05, 4.69) is 4.98 Å². The highest BCUT2D eigenvalue weighted by Gasteiger charge is 2.20. The predicted octanol–water partition coefficient (Wildman–Crippen LogP) is 3.19. The van der Waals surface area contributed by atoms with Crippen molar-refractivity contribution in [3.05, 3.63) is 53.9 Å². The zero-order valence-electron chi connectivity index (χ0n) is 12.6. The van der Waals surface area contributed by atoms with Gasteiger partial charge in [0.15, 0.2) is 5.78 Å². The van der Waals surface area contributed by atoms with Crippen LogP contribution in [-0.2, 0) is 0 Å². The minimum atomic E-state index is 0.0270. The van der Waals surface area contributed by atoms with Gasteiger partial charge >= 0.3 is 0 Å². The number of rotatable bonds is 3. The Bertz CT molecular complexity index is 719. The van der Waals surface area contributed by atoms with Gasteiger partial charge in [-0.2, -0.15) is 0 Å². The minimum absolute atomic E-state index is 0.0270. The van der Waals surface area contributed by atoms with Crippen molar-refractivity contribution in [1.82, 2.24) is 9.88 Å². The third-order valence-corrected chi connectivity index (χ3v) is 3.98. The summed E-state index contributed by atoms with van der Waals surface area (Å²) < 4.78 is 0. The third kappa shape index (κ3) is 2.91. The van der Waals surface area contributed by atoms with Crippen molar-refractivity contribution in [3.63, 3.8) is 0 Å². The molecule has 0 saturated carbocycles. The van der Waals surface area contributed by atoms with E-state index >= 15 is 0 Å². The van der Waals surface area contributed by atoms with Crippen molar-refractivity contribution in [2.45, 2.75) is 19.8 Å². The molecule has 3 rings (SSSR count). The summed E-state index contributed by atoms with van der Waals surface area (Å²) in [7, 11) is 0. The Morgan fingerprint density at radius 2 is 1.73 bits per heavy atom. The number of likely N-dealkylation sites (tertiary alicyclic amines) is 1. The van der Waals surface area contributed by atoms with Gasteiger partial charge < -0.3 is 4.90 Å². The maximum Gasteiger partial charge on any atom is 0.255 e. The molecule has 0 aliphatic carbocycles. The Morgan fingerprint density at radius 3 is 2.45 bits per heavy atom. The quantitative estimate of drug-likeness (QED) is 0.817. The summed E-state index contributed by atoms with van der Waals surface area (Å²) in [4.78, 5) is 30.0. The zero-order valence-corrected chi connectivity index (χ0v) is 12.6. The average Bonchev–Trinajstić information content (AvgIpc) is 3.09. The monoisotopic (exact) mass is 294 g/mol. The van der Waals surface area contributed by atoms with E-state index in [1.807, 2.05) is 29.2 Å². The molecule has 0 N–H and O–H groups in total. The lowest BCUT2D eigenvalue weighted by Crippen LogP contribution is -2.27. The van der Waals surface area contributed by atoms with Gasteiger partial charge in [-0.1, -0.05) is 18.2 Å². The number of nitrogens with zero attached hydrogens (tertiary/aromatic N) is 2. The zero-order chi connectivity index (χ0) is 15.5. The van der Waals surface area contributed by atoms with Crippen LogP contribution in [0.5, 0.6) is 0 Å². The summed E-state index contributed by atoms with van der Waals surface area (Å²) in [6, 6.07) is 9.25. The molecule has 1 aliphatic rings. The highest BCUT2D eigenvalue weighted by molar-refractivity contribution is 5.96. The maximum atomic E-state index is 12.4. The fourth-order valence-electron chi connectivity index (χ4n) is 2.74. The number of ketones is 1. The normalized spacial score (nSPS) is 14.1. The number of pyridine rings is 1. The molecule has 1 aliphatic heterocycles. The summed E-state index contributed by atoms with van der Waals surface area (Å²) in [5.74, 6) is 0.0636. The Labute approximate surface area is 129 Å². The van der Waals surface area contributed by atoms with E-state index in [4.69, 9.17) is 0 Å². The van der Waals surface area contributed by atoms with Gasteiger partial charge in [0.1, 0.15) is 0 Å². The number of aromatic nitrogens is 1. The number of Topliss-reactive ketones (excluding diaryl/α,β-unsaturated/α-hetero) is 1. The first-order valence-corrected chi connectivity index (χ1v) is 7.51. The molecule has 1 fully saturated rings. The van der Waals surface area contributed by atoms with Gasteiger partial charge in [0.25, 0.3) is 5.91 Å². The van der Waals surface area contributed by atoms with Gasteiger partial charge in [-0.15, -0.1) is 0 Å². The Morgan fingerprint density at radius 1 is 1.00 bits per heavy atom. The second-order valence-electron chi connectivity index (χ2n) is 5.60. The van der Waals surface area contributed by atoms with Crippen molar-refractivity contribution >= 4 is 11.7 Å². The van der Waals surface area contributed by atoms with E-state index in [0.29, 0.717) is 11.1 Å². The second-order valence-corrected chi connectivity index (χ2v) is 5.60. The van der Waals surface area contributed by atoms with E-state index in [0.717, 1.165) is 37.1 Å². The van der Waals surface area contributed by atoms with Crippen LogP contribution in [0.25, 0.3) is 11.1 Å². The molecule has 2 aromatic rings. The van der Waals surface area contributed by atoms with Crippen LogP contribution in [0.1, 0.15) is 40.5 Å². The van der Waals surface area contributed by atoms with Gasteiger partial charge in [-0.3, -0.25) is 14.6 Å². The lowest BCUT2D eigenvalue weighted by atomic mass is 10.0. The Kier molecular flexibility index (Phi) is 4.00. The Hall–Kier alpha value is -2.49. The maximum absolute atomic E-state index is 12.4. The molecule has 0 spiro atoms. The van der Waals surface area contributed by atoms with Gasteiger partial charge in [0.2, 0.25) is 0 Å². The molecule has 22 heavy (non-hydrogen) atoms. The topological polar surface area (TPSA) is 50.3 Å². The molecule has 112 valence electrons. The fraction of sp³-hybridized carbons (Fsp3) is 0.278. The number of benzene rings is 1. The number of hydrogen-bond acceptors (Lipinski definition) is 3. The van der Waals surface area contributed by atoms with Crippen LogP contribution in [-0.4, -0.2) is 34.7 Å². The lowest BCUT2D eigenvalue weighted by molar-refractivity contribution is 0.0792. The van der Waals surface area contributed by atoms with Crippen molar-refractivity contribution in [2.75, 3.05) is 13.1 Å². The smallest absolute Gasteiger partial charge is 0.255 e. The molecule has 1 saturated heterocycles. The van der Waals surface area contributed by atoms with Crippen LogP contribution in [0, 0.1) is 0 Å². The fourth-order valence-corrected chi connectivity index (χ4v) is 2.74. The van der Waals surface area contributed by atoms with E-state index in [-0.39, 0.29) is 11.7 Å². The predicted molar refractivity (Wildman–Crippen MR) is 84.8 cm³/mol. The molecule has 4 heteroatoms. The summed E-state index contributed by atoms with van der Waals surface area (Å²) in [5.41, 5.74) is 3.02. The SMILES string of the molecule is CC(=O)c1cccc(-c2cncc(C(=O)N3CCCC3)c2)c1. The summed E-state index contributed by atoms with van der Waals surface area (Å²) in [5, 5.41) is 0. The van der Waals surface area contributed by atoms with Crippen molar-refractivity contribution in [1.29, 1.82) is 0 Å². The number of carbonyl (C=O) groups is 2. The molecular formula is C18H18N2O2. The summed E-state index contributed by atoms with van der Waals surface area (Å²) in [6.07, 6.45) is 5.47. The molecule has 1 aromatic heterocycles. The van der Waals surface area contributed by atoms with Crippen molar-refractivity contribution in [3.8, 4) is 11.1 Å². The molecule has 1 amide bonds. The van der Waals surface area contributed by atoms with Gasteiger partial charge in [0.05, 0.1) is 5.56 Å². The molecule has 4 nitrogen and oxygen atoms in total. The van der Waals surface area contributed by atoms with Gasteiger partial charge in [0, 0.05) is 36.6 Å². The third-order valence-electron chi connectivity index (χ3n) is 3.98. The summed E-state index contributed by atoms with van der Waals surface area (Å²) >= 11 is 0. The molecule has 0 unspecified atom stereocenters. The number of amides is 1. The first-order valence-electron chi connectivity index (χ1n) is 7.51. The highest BCUT2D eigenvalue weighted by Crippen LogP contribution is 2.22. The second kappa shape index (κ2) is 6.10. The Balaban J connectivity index is 1.92. The van der Waals surface area contributed by atoms with Crippen LogP contribution in [0.2, 0.25) is 0 Å². The molecule has 2 heterocycles. The largest absolute Gasteiger partial charge is 0.339 e. The van der Waals surface area contributed by atoms with E-state index in [9.17, 15) is 9.59 Å². The van der Waals surface area contributed by atoms with Crippen LogP contribution < -0.4 is 0 Å². The summed E-state index contributed by atoms with van der Waals surface area (Å²) in [6.45, 7) is 3.19.